The summed E-state index contributed by atoms with van der Waals surface area (Å²) in [5, 5.41) is 0. The van der Waals surface area contributed by atoms with Crippen LogP contribution >= 0.6 is 0 Å². The average molecular weight is 338 g/mol. The minimum Gasteiger partial charge on any atom is -0.497 e. The van der Waals surface area contributed by atoms with E-state index < -0.39 is 17.5 Å². The van der Waals surface area contributed by atoms with E-state index in [1.54, 1.807) is 49.6 Å². The van der Waals surface area contributed by atoms with Gasteiger partial charge in [0.25, 0.3) is 5.78 Å². The first-order chi connectivity index (χ1) is 12.1. The van der Waals surface area contributed by atoms with Gasteiger partial charge in [-0.1, -0.05) is 12.1 Å². The molecule has 25 heavy (non-hydrogen) atoms. The molecule has 1 unspecified atom stereocenters. The average Bonchev–Trinajstić information content (AvgIpc) is 3.13. The lowest BCUT2D eigenvalue weighted by molar-refractivity contribution is -0.173. The van der Waals surface area contributed by atoms with Crippen molar-refractivity contribution in [1.82, 2.24) is 0 Å². The molecule has 0 aliphatic carbocycles. The summed E-state index contributed by atoms with van der Waals surface area (Å²) in [7, 11) is 3.04. The van der Waals surface area contributed by atoms with Crippen LogP contribution in [0.3, 0.4) is 0 Å². The highest BCUT2D eigenvalue weighted by Crippen LogP contribution is 2.47. The van der Waals surface area contributed by atoms with Gasteiger partial charge in [-0.05, 0) is 24.3 Å². The Morgan fingerprint density at radius 2 is 1.76 bits per heavy atom. The van der Waals surface area contributed by atoms with E-state index in [1.807, 2.05) is 0 Å². The maximum atomic E-state index is 13.1. The Kier molecular flexibility index (Phi) is 3.28. The molecular formula is C19H14O6. The summed E-state index contributed by atoms with van der Waals surface area (Å²) in [6.45, 7) is 0. The Bertz CT molecular complexity index is 929. The quantitative estimate of drug-likeness (QED) is 0.801. The molecule has 0 saturated carbocycles. The van der Waals surface area contributed by atoms with Crippen LogP contribution < -0.4 is 9.47 Å². The van der Waals surface area contributed by atoms with Crippen LogP contribution in [0.25, 0.3) is 5.57 Å². The van der Waals surface area contributed by atoms with Gasteiger partial charge >= 0.3 is 11.8 Å². The van der Waals surface area contributed by atoms with Crippen molar-refractivity contribution in [3.8, 4) is 11.5 Å². The minimum atomic E-state index is -1.76. The normalized spacial score (nSPS) is 20.8. The standard InChI is InChI=1S/C19H14O6/c1-22-11-7-8-12(16(9-11)23-2)14-10-24-19(17(14)20)15-6-4-3-5-13(15)18(21)25-19/h3-10H,1-2H3. The molecule has 0 fully saturated rings. The molecule has 6 nitrogen and oxygen atoms in total. The Labute approximate surface area is 143 Å². The molecule has 0 bridgehead atoms. The third-order valence-electron chi connectivity index (χ3n) is 4.32. The number of esters is 1. The summed E-state index contributed by atoms with van der Waals surface area (Å²) in [6.07, 6.45) is 1.31. The molecular weight excluding hydrogens is 324 g/mol. The zero-order chi connectivity index (χ0) is 17.6. The van der Waals surface area contributed by atoms with Crippen LogP contribution in [-0.2, 0) is 20.1 Å². The van der Waals surface area contributed by atoms with Crippen molar-refractivity contribution < 1.29 is 28.5 Å². The number of hydrogen-bond donors (Lipinski definition) is 0. The summed E-state index contributed by atoms with van der Waals surface area (Å²) < 4.78 is 21.5. The van der Waals surface area contributed by atoms with Crippen LogP contribution in [0.1, 0.15) is 21.5 Å². The van der Waals surface area contributed by atoms with Gasteiger partial charge in [-0.25, -0.2) is 4.79 Å². The number of fused-ring (bicyclic) bond motifs is 2. The van der Waals surface area contributed by atoms with Gasteiger partial charge in [0.05, 0.1) is 30.9 Å². The number of benzene rings is 2. The molecule has 0 saturated heterocycles. The Morgan fingerprint density at radius 3 is 2.52 bits per heavy atom. The van der Waals surface area contributed by atoms with Crippen molar-refractivity contribution in [2.45, 2.75) is 5.79 Å². The SMILES string of the molecule is COc1ccc(C2=COC3(OC(=O)c4ccccc43)C2=O)c(OC)c1. The number of ketones is 1. The highest BCUT2D eigenvalue weighted by Gasteiger charge is 2.57. The summed E-state index contributed by atoms with van der Waals surface area (Å²) >= 11 is 0. The fourth-order valence-corrected chi connectivity index (χ4v) is 3.08. The number of carbonyl (C=O) groups excluding carboxylic acids is 2. The van der Waals surface area contributed by atoms with Gasteiger partial charge in [0, 0.05) is 11.6 Å². The van der Waals surface area contributed by atoms with E-state index in [-0.39, 0.29) is 5.57 Å². The van der Waals surface area contributed by atoms with Crippen molar-refractivity contribution in [2.24, 2.45) is 0 Å². The van der Waals surface area contributed by atoms with Crippen molar-refractivity contribution in [3.63, 3.8) is 0 Å². The van der Waals surface area contributed by atoms with Crippen molar-refractivity contribution >= 4 is 17.3 Å². The molecule has 0 amide bonds. The maximum absolute atomic E-state index is 13.1. The van der Waals surface area contributed by atoms with Gasteiger partial charge in [-0.15, -0.1) is 0 Å². The molecule has 1 atom stereocenters. The van der Waals surface area contributed by atoms with E-state index >= 15 is 0 Å². The second-order valence-corrected chi connectivity index (χ2v) is 5.60. The minimum absolute atomic E-state index is 0.268. The smallest absolute Gasteiger partial charge is 0.347 e. The number of methoxy groups -OCH3 is 2. The van der Waals surface area contributed by atoms with Crippen molar-refractivity contribution in [3.05, 3.63) is 65.4 Å². The van der Waals surface area contributed by atoms with Crippen LogP contribution in [0.15, 0.2) is 48.7 Å². The monoisotopic (exact) mass is 338 g/mol. The Balaban J connectivity index is 1.78. The highest BCUT2D eigenvalue weighted by molar-refractivity contribution is 6.27. The van der Waals surface area contributed by atoms with E-state index in [0.717, 1.165) is 0 Å². The molecule has 2 aliphatic heterocycles. The molecule has 0 radical (unpaired) electrons. The summed E-state index contributed by atoms with van der Waals surface area (Å²) in [4.78, 5) is 25.2. The third kappa shape index (κ3) is 2.04. The predicted molar refractivity (Wildman–Crippen MR) is 87.2 cm³/mol. The number of Topliss-reactive ketones (excluding diaryl/α,β-unsaturated/α-hetero) is 1. The van der Waals surface area contributed by atoms with Crippen LogP contribution in [0.4, 0.5) is 0 Å². The first kappa shape index (κ1) is 15.3. The van der Waals surface area contributed by atoms with E-state index in [0.29, 0.717) is 28.2 Å². The van der Waals surface area contributed by atoms with Crippen molar-refractivity contribution in [1.29, 1.82) is 0 Å². The second kappa shape index (κ2) is 5.37. The van der Waals surface area contributed by atoms with E-state index in [1.165, 1.54) is 13.4 Å². The lowest BCUT2D eigenvalue weighted by atomic mass is 9.93. The van der Waals surface area contributed by atoms with Gasteiger partial charge in [-0.2, -0.15) is 0 Å². The van der Waals surface area contributed by atoms with Gasteiger partial charge in [0.15, 0.2) is 0 Å². The fourth-order valence-electron chi connectivity index (χ4n) is 3.08. The van der Waals surface area contributed by atoms with Crippen molar-refractivity contribution in [2.75, 3.05) is 14.2 Å². The summed E-state index contributed by atoms with van der Waals surface area (Å²) in [5.41, 5.74) is 1.53. The fraction of sp³-hybridized carbons (Fsp3) is 0.158. The molecule has 2 aromatic carbocycles. The lowest BCUT2D eigenvalue weighted by Crippen LogP contribution is -2.34. The highest BCUT2D eigenvalue weighted by atomic mass is 16.7. The Hall–Kier alpha value is -3.28. The maximum Gasteiger partial charge on any atom is 0.347 e. The molecule has 0 N–H and O–H groups in total. The second-order valence-electron chi connectivity index (χ2n) is 5.60. The lowest BCUT2D eigenvalue weighted by Gasteiger charge is -2.21. The predicted octanol–water partition coefficient (Wildman–Crippen LogP) is 2.67. The van der Waals surface area contributed by atoms with E-state index in [9.17, 15) is 9.59 Å². The van der Waals surface area contributed by atoms with Crippen LogP contribution in [0, 0.1) is 0 Å². The third-order valence-corrected chi connectivity index (χ3v) is 4.32. The zero-order valence-electron chi connectivity index (χ0n) is 13.6. The molecule has 6 heteroatoms. The van der Waals surface area contributed by atoms with Crippen LogP contribution in [0.5, 0.6) is 11.5 Å². The number of hydrogen-bond acceptors (Lipinski definition) is 6. The van der Waals surface area contributed by atoms with E-state index in [2.05, 4.69) is 0 Å². The first-order valence-corrected chi connectivity index (χ1v) is 7.59. The molecule has 2 heterocycles. The van der Waals surface area contributed by atoms with Crippen LogP contribution in [0.2, 0.25) is 0 Å². The molecule has 2 aromatic rings. The molecule has 126 valence electrons. The molecule has 1 spiro atoms. The van der Waals surface area contributed by atoms with Gasteiger partial charge in [-0.3, -0.25) is 4.79 Å². The number of carbonyl (C=O) groups is 2. The number of ether oxygens (including phenoxy) is 4. The topological polar surface area (TPSA) is 71.1 Å². The van der Waals surface area contributed by atoms with Crippen LogP contribution in [-0.4, -0.2) is 26.0 Å². The molecule has 4 rings (SSSR count). The summed E-state index contributed by atoms with van der Waals surface area (Å²) in [5.74, 6) is -1.74. The Morgan fingerprint density at radius 1 is 0.960 bits per heavy atom. The molecule has 2 aliphatic rings. The largest absolute Gasteiger partial charge is 0.497 e. The molecule has 0 aromatic heterocycles. The summed E-state index contributed by atoms with van der Waals surface area (Å²) in [6, 6.07) is 11.8. The van der Waals surface area contributed by atoms with Gasteiger partial charge < -0.3 is 18.9 Å². The van der Waals surface area contributed by atoms with E-state index in [4.69, 9.17) is 18.9 Å². The zero-order valence-corrected chi connectivity index (χ0v) is 13.6. The van der Waals surface area contributed by atoms with Gasteiger partial charge in [0.1, 0.15) is 17.8 Å². The first-order valence-electron chi connectivity index (χ1n) is 7.59. The number of rotatable bonds is 3. The van der Waals surface area contributed by atoms with Gasteiger partial charge in [0.2, 0.25) is 0 Å².